The van der Waals surface area contributed by atoms with E-state index in [1.165, 1.54) is 6.33 Å². The molecular weight excluding hydrogens is 429 g/mol. The molecule has 2 atom stereocenters. The number of halogens is 3. The van der Waals surface area contributed by atoms with E-state index < -0.39 is 12.6 Å². The number of carbonyl (C=O) groups is 1. The summed E-state index contributed by atoms with van der Waals surface area (Å²) in [6, 6.07) is 1.60. The van der Waals surface area contributed by atoms with Crippen LogP contribution in [0.3, 0.4) is 0 Å². The van der Waals surface area contributed by atoms with Gasteiger partial charge in [-0.3, -0.25) is 9.48 Å². The average molecular weight is 450 g/mol. The molecule has 1 amide bonds. The number of carbonyl (C=O) groups excluding carboxylic acids is 1. The molecule has 2 fully saturated rings. The lowest BCUT2D eigenvalue weighted by Gasteiger charge is -2.39. The molecule has 2 aliphatic heterocycles. The molecule has 3 aromatic heterocycles. The van der Waals surface area contributed by atoms with E-state index in [9.17, 15) is 18.0 Å². The van der Waals surface area contributed by atoms with E-state index in [0.717, 1.165) is 23.3 Å². The van der Waals surface area contributed by atoms with E-state index in [4.69, 9.17) is 0 Å². The monoisotopic (exact) mass is 450 g/mol. The van der Waals surface area contributed by atoms with Crippen molar-refractivity contribution in [2.75, 3.05) is 18.0 Å². The minimum atomic E-state index is -4.26. The Kier molecular flexibility index (Phi) is 4.87. The SMILES string of the molecule is Cn1cc(CN2C(=O)CC3CCN(c4ncnc5sc(CC(F)(F)F)cc45)CC32)cn1. The highest BCUT2D eigenvalue weighted by atomic mass is 32.1. The van der Waals surface area contributed by atoms with Gasteiger partial charge < -0.3 is 9.80 Å². The van der Waals surface area contributed by atoms with Gasteiger partial charge in [0.15, 0.2) is 0 Å². The standard InChI is InChI=1S/C20H21F3N6OS/c1-27-8-12(7-26-27)9-29-16-10-28(3-2-13(16)4-17(29)30)18-15-5-14(6-20(21,22)23)31-19(15)25-11-24-18/h5,7-8,11,13,16H,2-4,6,9-10H2,1H3. The summed E-state index contributed by atoms with van der Waals surface area (Å²) >= 11 is 1.06. The molecule has 0 spiro atoms. The van der Waals surface area contributed by atoms with Gasteiger partial charge in [-0.1, -0.05) is 0 Å². The van der Waals surface area contributed by atoms with Crippen LogP contribution >= 0.6 is 11.3 Å². The Labute approximate surface area is 180 Å². The second kappa shape index (κ2) is 7.47. The number of hydrogen-bond acceptors (Lipinski definition) is 6. The van der Waals surface area contributed by atoms with Crippen LogP contribution in [0.1, 0.15) is 23.3 Å². The molecule has 3 aromatic rings. The molecule has 7 nitrogen and oxygen atoms in total. The highest BCUT2D eigenvalue weighted by Crippen LogP contribution is 2.38. The van der Waals surface area contributed by atoms with Crippen molar-refractivity contribution in [3.8, 4) is 0 Å². The Hall–Kier alpha value is -2.69. The van der Waals surface area contributed by atoms with Gasteiger partial charge >= 0.3 is 6.18 Å². The maximum atomic E-state index is 12.8. The molecule has 2 aliphatic rings. The minimum Gasteiger partial charge on any atom is -0.354 e. The fraction of sp³-hybridized carbons (Fsp3) is 0.500. The van der Waals surface area contributed by atoms with Gasteiger partial charge in [0, 0.05) is 49.7 Å². The lowest BCUT2D eigenvalue weighted by atomic mass is 9.92. The number of likely N-dealkylation sites (tertiary alicyclic amines) is 1. The summed E-state index contributed by atoms with van der Waals surface area (Å²) in [5.74, 6) is 1.06. The Bertz CT molecular complexity index is 1130. The summed E-state index contributed by atoms with van der Waals surface area (Å²) in [5, 5.41) is 4.83. The summed E-state index contributed by atoms with van der Waals surface area (Å²) in [4.78, 5) is 26.1. The number of hydrogen-bond donors (Lipinski definition) is 0. The van der Waals surface area contributed by atoms with E-state index >= 15 is 0 Å². The van der Waals surface area contributed by atoms with Gasteiger partial charge in [-0.15, -0.1) is 11.3 Å². The van der Waals surface area contributed by atoms with Gasteiger partial charge in [0.25, 0.3) is 0 Å². The molecule has 0 N–H and O–H groups in total. The summed E-state index contributed by atoms with van der Waals surface area (Å²) in [6.07, 6.45) is 1.22. The first kappa shape index (κ1) is 20.2. The Morgan fingerprint density at radius 2 is 2.13 bits per heavy atom. The molecule has 0 saturated carbocycles. The van der Waals surface area contributed by atoms with Crippen LogP contribution < -0.4 is 4.90 Å². The number of rotatable bonds is 4. The summed E-state index contributed by atoms with van der Waals surface area (Å²) in [6.45, 7) is 1.83. The van der Waals surface area contributed by atoms with E-state index in [2.05, 4.69) is 20.0 Å². The van der Waals surface area contributed by atoms with Crippen LogP contribution in [0, 0.1) is 5.92 Å². The number of amides is 1. The lowest BCUT2D eigenvalue weighted by Crippen LogP contribution is -2.48. The predicted molar refractivity (Wildman–Crippen MR) is 110 cm³/mol. The lowest BCUT2D eigenvalue weighted by molar-refractivity contribution is -0.129. The fourth-order valence-electron chi connectivity index (χ4n) is 4.68. The molecular formula is C20H21F3N6OS. The molecule has 2 saturated heterocycles. The molecule has 5 heterocycles. The maximum absolute atomic E-state index is 12.8. The first-order chi connectivity index (χ1) is 14.8. The molecule has 0 bridgehead atoms. The van der Waals surface area contributed by atoms with E-state index in [1.807, 2.05) is 18.1 Å². The van der Waals surface area contributed by atoms with Gasteiger partial charge in [-0.05, 0) is 18.4 Å². The fourth-order valence-corrected chi connectivity index (χ4v) is 5.70. The average Bonchev–Trinajstić information content (AvgIpc) is 3.37. The van der Waals surface area contributed by atoms with Crippen molar-refractivity contribution >= 4 is 33.3 Å². The molecule has 0 aliphatic carbocycles. The predicted octanol–water partition coefficient (Wildman–Crippen LogP) is 3.16. The van der Waals surface area contributed by atoms with Crippen LogP contribution in [0.15, 0.2) is 24.8 Å². The summed E-state index contributed by atoms with van der Waals surface area (Å²) < 4.78 is 40.3. The van der Waals surface area contributed by atoms with Crippen molar-refractivity contribution < 1.29 is 18.0 Å². The zero-order valence-electron chi connectivity index (χ0n) is 16.8. The Morgan fingerprint density at radius 1 is 1.29 bits per heavy atom. The molecule has 164 valence electrons. The first-order valence-electron chi connectivity index (χ1n) is 10.1. The smallest absolute Gasteiger partial charge is 0.354 e. The quantitative estimate of drug-likeness (QED) is 0.611. The molecule has 11 heteroatoms. The van der Waals surface area contributed by atoms with Crippen molar-refractivity contribution in [2.45, 2.75) is 38.0 Å². The van der Waals surface area contributed by atoms with Crippen molar-refractivity contribution in [3.05, 3.63) is 35.2 Å². The zero-order valence-corrected chi connectivity index (χ0v) is 17.7. The number of alkyl halides is 3. The van der Waals surface area contributed by atoms with Gasteiger partial charge in [-0.25, -0.2) is 9.97 Å². The third-order valence-corrected chi connectivity index (χ3v) is 7.07. The number of thiophene rings is 1. The first-order valence-corrected chi connectivity index (χ1v) is 10.9. The van der Waals surface area contributed by atoms with Crippen molar-refractivity contribution in [1.82, 2.24) is 24.6 Å². The molecule has 0 aromatic carbocycles. The van der Waals surface area contributed by atoms with Crippen LogP contribution in [0.2, 0.25) is 0 Å². The van der Waals surface area contributed by atoms with Crippen LogP contribution in [-0.2, 0) is 24.8 Å². The third kappa shape index (κ3) is 3.98. The third-order valence-electron chi connectivity index (χ3n) is 6.02. The molecule has 0 radical (unpaired) electrons. The number of nitrogens with zero attached hydrogens (tertiary/aromatic N) is 6. The molecule has 2 unspecified atom stereocenters. The van der Waals surface area contributed by atoms with Gasteiger partial charge in [-0.2, -0.15) is 18.3 Å². The van der Waals surface area contributed by atoms with Gasteiger partial charge in [0.05, 0.1) is 24.0 Å². The zero-order chi connectivity index (χ0) is 21.8. The van der Waals surface area contributed by atoms with Crippen LogP contribution in [0.25, 0.3) is 10.2 Å². The van der Waals surface area contributed by atoms with E-state index in [0.29, 0.717) is 42.1 Å². The second-order valence-electron chi connectivity index (χ2n) is 8.23. The number of anilines is 1. The van der Waals surface area contributed by atoms with Crippen molar-refractivity contribution in [3.63, 3.8) is 0 Å². The molecule has 5 rings (SSSR count). The van der Waals surface area contributed by atoms with Crippen LogP contribution in [0.4, 0.5) is 19.0 Å². The minimum absolute atomic E-state index is 0.0414. The number of aromatic nitrogens is 4. The van der Waals surface area contributed by atoms with Crippen LogP contribution in [-0.4, -0.2) is 55.9 Å². The van der Waals surface area contributed by atoms with Crippen LogP contribution in [0.5, 0.6) is 0 Å². The van der Waals surface area contributed by atoms with Gasteiger partial charge in [0.1, 0.15) is 17.0 Å². The highest BCUT2D eigenvalue weighted by Gasteiger charge is 2.43. The maximum Gasteiger partial charge on any atom is 0.393 e. The van der Waals surface area contributed by atoms with Gasteiger partial charge in [0.2, 0.25) is 5.91 Å². The van der Waals surface area contributed by atoms with Crippen molar-refractivity contribution in [2.24, 2.45) is 13.0 Å². The topological polar surface area (TPSA) is 67.2 Å². The van der Waals surface area contributed by atoms with E-state index in [-0.39, 0.29) is 22.7 Å². The normalized spacial score (nSPS) is 21.9. The summed E-state index contributed by atoms with van der Waals surface area (Å²) in [5.41, 5.74) is 0.979. The highest BCUT2D eigenvalue weighted by molar-refractivity contribution is 7.18. The summed E-state index contributed by atoms with van der Waals surface area (Å²) in [7, 11) is 1.84. The Balaban J connectivity index is 1.40. The molecule has 31 heavy (non-hydrogen) atoms. The number of fused-ring (bicyclic) bond motifs is 2. The van der Waals surface area contributed by atoms with Crippen molar-refractivity contribution in [1.29, 1.82) is 0 Å². The second-order valence-corrected chi connectivity index (χ2v) is 9.35. The Morgan fingerprint density at radius 3 is 2.87 bits per heavy atom. The largest absolute Gasteiger partial charge is 0.393 e. The number of piperidine rings is 1. The van der Waals surface area contributed by atoms with E-state index in [1.54, 1.807) is 16.9 Å². The number of aryl methyl sites for hydroxylation is 1.